The van der Waals surface area contributed by atoms with E-state index in [0.717, 1.165) is 5.56 Å². The van der Waals surface area contributed by atoms with E-state index in [1.165, 1.54) is 6.20 Å². The van der Waals surface area contributed by atoms with Crippen molar-refractivity contribution in [3.05, 3.63) is 53.7 Å². The van der Waals surface area contributed by atoms with Gasteiger partial charge < -0.3 is 4.74 Å². The molecular formula is C15H13N3O2. The molecule has 1 aromatic carbocycles. The number of hydrogen-bond donors (Lipinski definition) is 1. The Labute approximate surface area is 116 Å². The van der Waals surface area contributed by atoms with Crippen molar-refractivity contribution in [3.8, 4) is 11.8 Å². The van der Waals surface area contributed by atoms with E-state index >= 15 is 0 Å². The summed E-state index contributed by atoms with van der Waals surface area (Å²) in [7, 11) is 0. The van der Waals surface area contributed by atoms with Gasteiger partial charge in [0.15, 0.2) is 0 Å². The molecular weight excluding hydrogens is 254 g/mol. The van der Waals surface area contributed by atoms with E-state index in [-0.39, 0.29) is 0 Å². The number of ether oxygens (including phenoxy) is 1. The number of carbonyl (C=O) groups is 1. The molecule has 100 valence electrons. The molecule has 0 bridgehead atoms. The van der Waals surface area contributed by atoms with Crippen molar-refractivity contribution in [1.82, 2.24) is 4.98 Å². The van der Waals surface area contributed by atoms with Crippen molar-refractivity contribution in [2.45, 2.75) is 13.3 Å². The van der Waals surface area contributed by atoms with E-state index in [9.17, 15) is 4.79 Å². The SMILES string of the molecule is CCc1cc(NC(=O)Oc2ccccc2)ncc1C#N. The minimum atomic E-state index is -0.615. The lowest BCUT2D eigenvalue weighted by Gasteiger charge is -2.07. The van der Waals surface area contributed by atoms with Crippen molar-refractivity contribution in [3.63, 3.8) is 0 Å². The van der Waals surface area contributed by atoms with Gasteiger partial charge in [0.05, 0.1) is 5.56 Å². The highest BCUT2D eigenvalue weighted by atomic mass is 16.6. The predicted octanol–water partition coefficient (Wildman–Crippen LogP) is 3.13. The maximum Gasteiger partial charge on any atom is 0.418 e. The fourth-order valence-corrected chi connectivity index (χ4v) is 1.68. The molecule has 0 fully saturated rings. The lowest BCUT2D eigenvalue weighted by molar-refractivity contribution is 0.215. The molecule has 1 N–H and O–H groups in total. The van der Waals surface area contributed by atoms with Gasteiger partial charge in [-0.3, -0.25) is 5.32 Å². The summed E-state index contributed by atoms with van der Waals surface area (Å²) in [4.78, 5) is 15.7. The summed E-state index contributed by atoms with van der Waals surface area (Å²) in [6.45, 7) is 1.93. The van der Waals surface area contributed by atoms with E-state index in [0.29, 0.717) is 23.6 Å². The minimum Gasteiger partial charge on any atom is -0.410 e. The maximum atomic E-state index is 11.7. The van der Waals surface area contributed by atoms with E-state index in [2.05, 4.69) is 16.4 Å². The number of nitrogens with zero attached hydrogens (tertiary/aromatic N) is 2. The molecule has 0 saturated heterocycles. The van der Waals surface area contributed by atoms with Crippen LogP contribution in [-0.2, 0) is 6.42 Å². The zero-order valence-electron chi connectivity index (χ0n) is 11.0. The van der Waals surface area contributed by atoms with Crippen LogP contribution in [0.3, 0.4) is 0 Å². The molecule has 1 heterocycles. The predicted molar refractivity (Wildman–Crippen MR) is 74.4 cm³/mol. The third-order valence-corrected chi connectivity index (χ3v) is 2.67. The van der Waals surface area contributed by atoms with Crippen LogP contribution < -0.4 is 10.1 Å². The number of aromatic nitrogens is 1. The van der Waals surface area contributed by atoms with Crippen LogP contribution in [0, 0.1) is 11.3 Å². The van der Waals surface area contributed by atoms with Crippen molar-refractivity contribution >= 4 is 11.9 Å². The number of benzene rings is 1. The Balaban J connectivity index is 2.07. The number of anilines is 1. The van der Waals surface area contributed by atoms with Gasteiger partial charge in [0.1, 0.15) is 17.6 Å². The summed E-state index contributed by atoms with van der Waals surface area (Å²) >= 11 is 0. The van der Waals surface area contributed by atoms with Gasteiger partial charge in [-0.2, -0.15) is 5.26 Å². The molecule has 0 radical (unpaired) electrons. The smallest absolute Gasteiger partial charge is 0.410 e. The number of pyridine rings is 1. The molecule has 20 heavy (non-hydrogen) atoms. The number of hydrogen-bond acceptors (Lipinski definition) is 4. The highest BCUT2D eigenvalue weighted by Gasteiger charge is 2.08. The molecule has 0 aliphatic carbocycles. The fraction of sp³-hybridized carbons (Fsp3) is 0.133. The molecule has 0 aliphatic rings. The maximum absolute atomic E-state index is 11.7. The zero-order valence-corrected chi connectivity index (χ0v) is 11.0. The molecule has 5 nitrogen and oxygen atoms in total. The normalized spacial score (nSPS) is 9.60. The number of aryl methyl sites for hydroxylation is 1. The Kier molecular flexibility index (Phi) is 4.30. The van der Waals surface area contributed by atoms with Crippen molar-refractivity contribution in [2.24, 2.45) is 0 Å². The molecule has 0 spiro atoms. The Bertz CT molecular complexity index is 648. The van der Waals surface area contributed by atoms with Crippen LogP contribution >= 0.6 is 0 Å². The number of para-hydroxylation sites is 1. The van der Waals surface area contributed by atoms with Crippen LogP contribution in [0.1, 0.15) is 18.1 Å². The summed E-state index contributed by atoms with van der Waals surface area (Å²) in [6, 6.07) is 12.5. The minimum absolute atomic E-state index is 0.363. The van der Waals surface area contributed by atoms with Crippen LogP contribution in [0.5, 0.6) is 5.75 Å². The second-order valence-corrected chi connectivity index (χ2v) is 4.02. The molecule has 0 aliphatic heterocycles. The van der Waals surface area contributed by atoms with Gasteiger partial charge >= 0.3 is 6.09 Å². The molecule has 5 heteroatoms. The van der Waals surface area contributed by atoms with Crippen molar-refractivity contribution < 1.29 is 9.53 Å². The molecule has 0 atom stereocenters. The standard InChI is InChI=1S/C15H13N3O2/c1-2-11-8-14(17-10-12(11)9-16)18-15(19)20-13-6-4-3-5-7-13/h3-8,10H,2H2,1H3,(H,17,18,19). The second kappa shape index (κ2) is 6.34. The summed E-state index contributed by atoms with van der Waals surface area (Å²) in [5.74, 6) is 0.816. The third-order valence-electron chi connectivity index (χ3n) is 2.67. The molecule has 1 amide bonds. The van der Waals surface area contributed by atoms with Crippen LogP contribution in [0.4, 0.5) is 10.6 Å². The highest BCUT2D eigenvalue weighted by Crippen LogP contribution is 2.14. The van der Waals surface area contributed by atoms with Gasteiger partial charge in [-0.15, -0.1) is 0 Å². The number of carbonyl (C=O) groups excluding carboxylic acids is 1. The first-order valence-electron chi connectivity index (χ1n) is 6.16. The summed E-state index contributed by atoms with van der Waals surface area (Å²) in [5, 5.41) is 11.4. The van der Waals surface area contributed by atoms with Gasteiger partial charge in [-0.25, -0.2) is 9.78 Å². The Morgan fingerprint density at radius 2 is 2.15 bits per heavy atom. The third kappa shape index (κ3) is 3.33. The summed E-state index contributed by atoms with van der Waals surface area (Å²) in [6.07, 6.45) is 1.51. The average molecular weight is 267 g/mol. The van der Waals surface area contributed by atoms with E-state index in [1.54, 1.807) is 30.3 Å². The van der Waals surface area contributed by atoms with Crippen LogP contribution in [0.15, 0.2) is 42.6 Å². The molecule has 0 saturated carbocycles. The van der Waals surface area contributed by atoms with Gasteiger partial charge in [0.25, 0.3) is 0 Å². The van der Waals surface area contributed by atoms with Crippen molar-refractivity contribution in [1.29, 1.82) is 5.26 Å². The summed E-state index contributed by atoms with van der Waals surface area (Å²) < 4.78 is 5.09. The van der Waals surface area contributed by atoms with Gasteiger partial charge in [-0.1, -0.05) is 25.1 Å². The molecule has 0 unspecified atom stereocenters. The van der Waals surface area contributed by atoms with Crippen molar-refractivity contribution in [2.75, 3.05) is 5.32 Å². The Hall–Kier alpha value is -2.87. The first-order chi connectivity index (χ1) is 9.72. The van der Waals surface area contributed by atoms with Gasteiger partial charge in [0, 0.05) is 6.20 Å². The average Bonchev–Trinajstić information content (AvgIpc) is 2.48. The van der Waals surface area contributed by atoms with Crippen LogP contribution in [-0.4, -0.2) is 11.1 Å². The lowest BCUT2D eigenvalue weighted by atomic mass is 10.1. The second-order valence-electron chi connectivity index (χ2n) is 4.02. The Morgan fingerprint density at radius 3 is 2.80 bits per heavy atom. The number of nitrogens with one attached hydrogen (secondary N) is 1. The fourth-order valence-electron chi connectivity index (χ4n) is 1.68. The summed E-state index contributed by atoms with van der Waals surface area (Å²) in [5.41, 5.74) is 1.34. The first kappa shape index (κ1) is 13.6. The topological polar surface area (TPSA) is 75.0 Å². The number of rotatable bonds is 3. The van der Waals surface area contributed by atoms with Crippen LogP contribution in [0.2, 0.25) is 0 Å². The van der Waals surface area contributed by atoms with E-state index < -0.39 is 6.09 Å². The Morgan fingerprint density at radius 1 is 1.40 bits per heavy atom. The molecule has 2 aromatic rings. The first-order valence-corrected chi connectivity index (χ1v) is 6.16. The number of amides is 1. The quantitative estimate of drug-likeness (QED) is 0.927. The van der Waals surface area contributed by atoms with E-state index in [4.69, 9.17) is 10.00 Å². The lowest BCUT2D eigenvalue weighted by Crippen LogP contribution is -2.17. The monoisotopic (exact) mass is 267 g/mol. The largest absolute Gasteiger partial charge is 0.418 e. The molecule has 2 rings (SSSR count). The zero-order chi connectivity index (χ0) is 14.4. The van der Waals surface area contributed by atoms with E-state index in [1.807, 2.05) is 13.0 Å². The van der Waals surface area contributed by atoms with Gasteiger partial charge in [0.2, 0.25) is 0 Å². The van der Waals surface area contributed by atoms with Crippen LogP contribution in [0.25, 0.3) is 0 Å². The number of nitriles is 1. The molecule has 1 aromatic heterocycles. The highest BCUT2D eigenvalue weighted by molar-refractivity contribution is 5.85. The van der Waals surface area contributed by atoms with Gasteiger partial charge in [-0.05, 0) is 30.2 Å².